The van der Waals surface area contributed by atoms with Gasteiger partial charge in [0.2, 0.25) is 0 Å². The van der Waals surface area contributed by atoms with E-state index in [2.05, 4.69) is 30.5 Å². The lowest BCUT2D eigenvalue weighted by Crippen LogP contribution is -2.47. The summed E-state index contributed by atoms with van der Waals surface area (Å²) in [7, 11) is 0. The lowest BCUT2D eigenvalue weighted by atomic mass is 10.0. The first-order valence-electron chi connectivity index (χ1n) is 12.8. The molecule has 0 aliphatic carbocycles. The number of hydrogen-bond acceptors (Lipinski definition) is 9. The van der Waals surface area contributed by atoms with Crippen LogP contribution in [0, 0.1) is 6.92 Å². The van der Waals surface area contributed by atoms with E-state index in [1.807, 2.05) is 11.8 Å². The fourth-order valence-electron chi connectivity index (χ4n) is 4.29. The number of nitrogens with zero attached hydrogens (tertiary/aromatic N) is 5. The topological polar surface area (TPSA) is 124 Å². The van der Waals surface area contributed by atoms with Gasteiger partial charge in [-0.15, -0.1) is 0 Å². The first-order chi connectivity index (χ1) is 19.0. The minimum atomic E-state index is -4.49. The van der Waals surface area contributed by atoms with E-state index in [0.717, 1.165) is 12.1 Å². The van der Waals surface area contributed by atoms with Gasteiger partial charge >= 0.3 is 12.1 Å². The van der Waals surface area contributed by atoms with Crippen LogP contribution in [-0.2, 0) is 17.5 Å². The van der Waals surface area contributed by atoms with Crippen LogP contribution in [0.3, 0.4) is 0 Å². The number of aliphatic carboxylic acids is 1. The third kappa shape index (κ3) is 7.52. The molecule has 1 fully saturated rings. The zero-order valence-electron chi connectivity index (χ0n) is 22.1. The minimum absolute atomic E-state index is 0.0729. The summed E-state index contributed by atoms with van der Waals surface area (Å²) in [6.07, 6.45) is -1.52. The molecule has 14 heteroatoms. The molecule has 0 spiro atoms. The normalized spacial score (nSPS) is 14.4. The number of benzene rings is 1. The number of piperazine rings is 1. The maximum Gasteiger partial charge on any atom is 0.416 e. The van der Waals surface area contributed by atoms with Gasteiger partial charge in [-0.25, -0.2) is 15.0 Å². The fourth-order valence-corrected chi connectivity index (χ4v) is 5.24. The van der Waals surface area contributed by atoms with Gasteiger partial charge in [-0.3, -0.25) is 19.8 Å². The molecule has 214 valence electrons. The first-order valence-corrected chi connectivity index (χ1v) is 13.6. The molecule has 0 radical (unpaired) electrons. The number of aryl methyl sites for hydroxylation is 1. The van der Waals surface area contributed by atoms with Crippen LogP contribution < -0.4 is 15.5 Å². The lowest BCUT2D eigenvalue weighted by Gasteiger charge is -2.34. The number of hydrogen-bond donors (Lipinski definition) is 3. The van der Waals surface area contributed by atoms with E-state index in [1.165, 1.54) is 23.7 Å². The number of anilines is 2. The van der Waals surface area contributed by atoms with Crippen molar-refractivity contribution in [1.29, 1.82) is 0 Å². The molecule has 4 rings (SSSR count). The van der Waals surface area contributed by atoms with Crippen LogP contribution in [0.15, 0.2) is 30.6 Å². The lowest BCUT2D eigenvalue weighted by molar-refractivity contribution is -0.138. The number of halogens is 3. The fraction of sp³-hybridized carbons (Fsp3) is 0.423. The van der Waals surface area contributed by atoms with Gasteiger partial charge in [0.25, 0.3) is 5.91 Å². The number of aromatic nitrogens is 3. The first kappa shape index (κ1) is 29.4. The zero-order chi connectivity index (χ0) is 28.9. The largest absolute Gasteiger partial charge is 0.481 e. The van der Waals surface area contributed by atoms with Crippen molar-refractivity contribution in [2.45, 2.75) is 33.0 Å². The molecule has 1 aliphatic rings. The van der Waals surface area contributed by atoms with Gasteiger partial charge in [0, 0.05) is 49.7 Å². The molecule has 1 aliphatic heterocycles. The van der Waals surface area contributed by atoms with Crippen LogP contribution in [0.5, 0.6) is 0 Å². The monoisotopic (exact) mass is 577 g/mol. The van der Waals surface area contributed by atoms with Crippen LogP contribution in [0.2, 0.25) is 0 Å². The highest BCUT2D eigenvalue weighted by atomic mass is 32.1. The SMILES string of the molecule is CCNCc1sc(NC(=O)c2cnc(N3CCN(CCC(=O)O)CC3)cn2)nc1-c1cc(C)cc(C(F)(F)F)c1. The average Bonchev–Trinajstić information content (AvgIpc) is 3.32. The maximum absolute atomic E-state index is 13.4. The van der Waals surface area contributed by atoms with E-state index in [9.17, 15) is 22.8 Å². The average molecular weight is 578 g/mol. The molecular weight excluding hydrogens is 547 g/mol. The van der Waals surface area contributed by atoms with Gasteiger partial charge in [0.05, 0.1) is 30.1 Å². The summed E-state index contributed by atoms with van der Waals surface area (Å²) in [5.74, 6) is -0.748. The highest BCUT2D eigenvalue weighted by Gasteiger charge is 2.31. The Kier molecular flexibility index (Phi) is 9.32. The number of alkyl halides is 3. The Bertz CT molecular complexity index is 1340. The summed E-state index contributed by atoms with van der Waals surface area (Å²) >= 11 is 1.18. The molecule has 3 N–H and O–H groups in total. The second-order valence-electron chi connectivity index (χ2n) is 9.34. The number of rotatable bonds is 10. The number of thiazole rings is 1. The molecule has 10 nitrogen and oxygen atoms in total. The van der Waals surface area contributed by atoms with Gasteiger partial charge < -0.3 is 15.3 Å². The van der Waals surface area contributed by atoms with E-state index in [0.29, 0.717) is 73.3 Å². The molecule has 40 heavy (non-hydrogen) atoms. The maximum atomic E-state index is 13.4. The zero-order valence-corrected chi connectivity index (χ0v) is 22.9. The van der Waals surface area contributed by atoms with Crippen molar-refractivity contribution in [3.05, 3.63) is 52.3 Å². The summed E-state index contributed by atoms with van der Waals surface area (Å²) in [5, 5.41) is 15.0. The Balaban J connectivity index is 1.46. The predicted octanol–water partition coefficient (Wildman–Crippen LogP) is 3.89. The quantitative estimate of drug-likeness (QED) is 0.329. The summed E-state index contributed by atoms with van der Waals surface area (Å²) in [5.41, 5.74) is 0.467. The molecule has 1 saturated heterocycles. The summed E-state index contributed by atoms with van der Waals surface area (Å²) in [6, 6.07) is 3.80. The number of carboxylic acid groups (broad SMARTS) is 1. The van der Waals surface area contributed by atoms with Crippen molar-refractivity contribution in [1.82, 2.24) is 25.2 Å². The van der Waals surface area contributed by atoms with E-state index in [4.69, 9.17) is 5.11 Å². The van der Waals surface area contributed by atoms with Gasteiger partial charge in [-0.05, 0) is 37.2 Å². The standard InChI is InChI=1S/C26H30F3N7O3S/c1-3-30-14-20-23(17-10-16(2)11-18(12-17)26(27,28)29)33-25(40-20)34-24(39)19-13-32-21(15-31-19)36-8-6-35(7-9-36)5-4-22(37)38/h10-13,15,30H,3-9,14H2,1-2H3,(H,37,38)(H,33,34,39). The van der Waals surface area contributed by atoms with Crippen molar-refractivity contribution in [3.8, 4) is 11.3 Å². The van der Waals surface area contributed by atoms with Gasteiger partial charge in [0.15, 0.2) is 5.13 Å². The highest BCUT2D eigenvalue weighted by Crippen LogP contribution is 2.36. The van der Waals surface area contributed by atoms with Crippen molar-refractivity contribution in [2.24, 2.45) is 0 Å². The van der Waals surface area contributed by atoms with Crippen molar-refractivity contribution < 1.29 is 27.9 Å². The Labute approximate surface area is 233 Å². The number of carboxylic acids is 1. The van der Waals surface area contributed by atoms with Crippen molar-refractivity contribution in [3.63, 3.8) is 0 Å². The Morgan fingerprint density at radius 3 is 2.48 bits per heavy atom. The smallest absolute Gasteiger partial charge is 0.416 e. The third-order valence-corrected chi connectivity index (χ3v) is 7.31. The Morgan fingerprint density at radius 1 is 1.10 bits per heavy atom. The van der Waals surface area contributed by atoms with E-state index < -0.39 is 23.6 Å². The van der Waals surface area contributed by atoms with Gasteiger partial charge in [-0.2, -0.15) is 13.2 Å². The highest BCUT2D eigenvalue weighted by molar-refractivity contribution is 7.16. The van der Waals surface area contributed by atoms with Crippen LogP contribution in [0.25, 0.3) is 11.3 Å². The summed E-state index contributed by atoms with van der Waals surface area (Å²) in [4.78, 5) is 41.6. The molecule has 0 unspecified atom stereocenters. The Hall–Kier alpha value is -3.62. The number of amides is 1. The molecular formula is C26H30F3N7O3S. The van der Waals surface area contributed by atoms with Crippen molar-refractivity contribution >= 4 is 34.2 Å². The molecule has 3 heterocycles. The molecule has 0 bridgehead atoms. The minimum Gasteiger partial charge on any atom is -0.481 e. The second-order valence-corrected chi connectivity index (χ2v) is 10.4. The van der Waals surface area contributed by atoms with Crippen LogP contribution >= 0.6 is 11.3 Å². The van der Waals surface area contributed by atoms with Gasteiger partial charge in [-0.1, -0.05) is 18.3 Å². The van der Waals surface area contributed by atoms with E-state index in [-0.39, 0.29) is 17.2 Å². The third-order valence-electron chi connectivity index (χ3n) is 6.34. The number of carbonyl (C=O) groups excluding carboxylic acids is 1. The summed E-state index contributed by atoms with van der Waals surface area (Å²) < 4.78 is 40.3. The predicted molar refractivity (Wildman–Crippen MR) is 146 cm³/mol. The second kappa shape index (κ2) is 12.7. The van der Waals surface area contributed by atoms with E-state index >= 15 is 0 Å². The van der Waals surface area contributed by atoms with Crippen LogP contribution in [0.4, 0.5) is 24.1 Å². The van der Waals surface area contributed by atoms with E-state index in [1.54, 1.807) is 13.0 Å². The summed E-state index contributed by atoms with van der Waals surface area (Å²) in [6.45, 7) is 7.76. The Morgan fingerprint density at radius 2 is 1.85 bits per heavy atom. The molecule has 2 aromatic heterocycles. The van der Waals surface area contributed by atoms with Gasteiger partial charge in [0.1, 0.15) is 11.5 Å². The molecule has 1 aromatic carbocycles. The molecule has 0 saturated carbocycles. The van der Waals surface area contributed by atoms with Crippen LogP contribution in [0.1, 0.15) is 39.8 Å². The number of carbonyl (C=O) groups is 2. The molecule has 3 aromatic rings. The van der Waals surface area contributed by atoms with Crippen LogP contribution in [-0.4, -0.2) is 76.1 Å². The molecule has 1 amide bonds. The number of nitrogens with one attached hydrogen (secondary N) is 2. The molecule has 0 atom stereocenters. The van der Waals surface area contributed by atoms with Crippen molar-refractivity contribution in [2.75, 3.05) is 49.5 Å².